The Morgan fingerprint density at radius 3 is 2.65 bits per heavy atom. The summed E-state index contributed by atoms with van der Waals surface area (Å²) in [5.41, 5.74) is -0.803. The lowest BCUT2D eigenvalue weighted by molar-refractivity contribution is -0.137. The first kappa shape index (κ1) is 19.2. The van der Waals surface area contributed by atoms with Crippen LogP contribution in [0.5, 0.6) is 0 Å². The highest BCUT2D eigenvalue weighted by Crippen LogP contribution is 2.30. The normalized spacial score (nSPS) is 17.3. The summed E-state index contributed by atoms with van der Waals surface area (Å²) in [5.74, 6) is -0.968. The van der Waals surface area contributed by atoms with E-state index in [1.54, 1.807) is 0 Å². The molecule has 1 aliphatic heterocycles. The molecular weight excluding hydrogens is 335 g/mol. The predicted molar refractivity (Wildman–Crippen MR) is 81.3 cm³/mol. The molecule has 0 radical (unpaired) electrons. The van der Waals surface area contributed by atoms with E-state index in [1.165, 1.54) is 12.1 Å². The largest absolute Gasteiger partial charge is 0.416 e. The van der Waals surface area contributed by atoms with Crippen molar-refractivity contribution >= 4 is 29.9 Å². The van der Waals surface area contributed by atoms with Gasteiger partial charge in [-0.05, 0) is 31.2 Å². The fraction of sp³-hybridized carbons (Fsp3) is 0.429. The Balaban J connectivity index is 0.00000264. The van der Waals surface area contributed by atoms with Crippen LogP contribution in [-0.2, 0) is 15.8 Å². The number of hydrogen-bond donors (Lipinski definition) is 3. The van der Waals surface area contributed by atoms with E-state index in [1.807, 2.05) is 0 Å². The van der Waals surface area contributed by atoms with Crippen molar-refractivity contribution in [3.8, 4) is 0 Å². The maximum Gasteiger partial charge on any atom is 0.416 e. The molecule has 1 atom stereocenters. The second-order valence-electron chi connectivity index (χ2n) is 5.03. The van der Waals surface area contributed by atoms with Gasteiger partial charge in [0.15, 0.2) is 0 Å². The van der Waals surface area contributed by atoms with E-state index in [4.69, 9.17) is 0 Å². The minimum Gasteiger partial charge on any atom is -0.347 e. The third kappa shape index (κ3) is 5.72. The molecule has 2 amide bonds. The van der Waals surface area contributed by atoms with Gasteiger partial charge in [0.05, 0.1) is 18.0 Å². The second-order valence-corrected chi connectivity index (χ2v) is 5.03. The Morgan fingerprint density at radius 1 is 1.30 bits per heavy atom. The van der Waals surface area contributed by atoms with Gasteiger partial charge in [0.2, 0.25) is 11.8 Å². The van der Waals surface area contributed by atoms with Crippen LogP contribution in [0.25, 0.3) is 0 Å². The van der Waals surface area contributed by atoms with Gasteiger partial charge in [-0.25, -0.2) is 0 Å². The Hall–Kier alpha value is -1.80. The lowest BCUT2D eigenvalue weighted by Crippen LogP contribution is -2.37. The Morgan fingerprint density at radius 2 is 2.04 bits per heavy atom. The number of halogens is 4. The van der Waals surface area contributed by atoms with Crippen molar-refractivity contribution in [1.82, 2.24) is 10.6 Å². The molecule has 23 heavy (non-hydrogen) atoms. The molecule has 2 rings (SSSR count). The van der Waals surface area contributed by atoms with E-state index in [0.29, 0.717) is 13.0 Å². The second kappa shape index (κ2) is 8.16. The van der Waals surface area contributed by atoms with Gasteiger partial charge in [-0.1, -0.05) is 6.07 Å². The molecule has 3 N–H and O–H groups in total. The fourth-order valence-corrected chi connectivity index (χ4v) is 2.17. The number of rotatable bonds is 4. The molecule has 0 spiro atoms. The van der Waals surface area contributed by atoms with Crippen LogP contribution in [0.3, 0.4) is 0 Å². The Bertz CT molecular complexity index is 560. The maximum atomic E-state index is 12.6. The van der Waals surface area contributed by atoms with Crippen molar-refractivity contribution in [3.63, 3.8) is 0 Å². The standard InChI is InChI=1S/C14H16F3N3O2.ClH/c15-14(16,17)10-2-1-3-11(6-10)20-12(21)8-19-13(22)9-4-5-18-7-9;/h1-3,6,9,18H,4-5,7-8H2,(H,19,22)(H,20,21);1H/t9-;/m1./s1. The summed E-state index contributed by atoms with van der Waals surface area (Å²) >= 11 is 0. The van der Waals surface area contributed by atoms with E-state index in [9.17, 15) is 22.8 Å². The molecule has 1 fully saturated rings. The van der Waals surface area contributed by atoms with Crippen molar-refractivity contribution in [2.45, 2.75) is 12.6 Å². The third-order valence-electron chi connectivity index (χ3n) is 3.33. The zero-order valence-electron chi connectivity index (χ0n) is 12.1. The van der Waals surface area contributed by atoms with E-state index in [0.717, 1.165) is 18.7 Å². The average Bonchev–Trinajstić information content (AvgIpc) is 2.98. The smallest absolute Gasteiger partial charge is 0.347 e. The number of carbonyl (C=O) groups is 2. The number of alkyl halides is 3. The first-order valence-corrected chi connectivity index (χ1v) is 6.82. The van der Waals surface area contributed by atoms with Gasteiger partial charge >= 0.3 is 6.18 Å². The molecular formula is C14H17ClF3N3O2. The number of amides is 2. The minimum absolute atomic E-state index is 0. The molecule has 1 aromatic rings. The quantitative estimate of drug-likeness (QED) is 0.774. The summed E-state index contributed by atoms with van der Waals surface area (Å²) in [6.45, 7) is 1.06. The highest BCUT2D eigenvalue weighted by atomic mass is 35.5. The van der Waals surface area contributed by atoms with Crippen molar-refractivity contribution in [2.24, 2.45) is 5.92 Å². The van der Waals surface area contributed by atoms with Gasteiger partial charge in [0, 0.05) is 12.2 Å². The Kier molecular flexibility index (Phi) is 6.83. The first-order valence-electron chi connectivity index (χ1n) is 6.82. The molecule has 1 heterocycles. The number of nitrogens with one attached hydrogen (secondary N) is 3. The molecule has 1 aromatic carbocycles. The molecule has 128 valence electrons. The van der Waals surface area contributed by atoms with Crippen molar-refractivity contribution < 1.29 is 22.8 Å². The lowest BCUT2D eigenvalue weighted by atomic mass is 10.1. The summed E-state index contributed by atoms with van der Waals surface area (Å²) < 4.78 is 37.7. The van der Waals surface area contributed by atoms with Crippen LogP contribution >= 0.6 is 12.4 Å². The average molecular weight is 352 g/mol. The van der Waals surface area contributed by atoms with Gasteiger partial charge in [-0.3, -0.25) is 9.59 Å². The SMILES string of the molecule is Cl.O=C(CNC(=O)[C@@H]1CCNC1)Nc1cccc(C(F)(F)F)c1. The van der Waals surface area contributed by atoms with Gasteiger partial charge in [0.25, 0.3) is 0 Å². The number of hydrogen-bond acceptors (Lipinski definition) is 3. The van der Waals surface area contributed by atoms with E-state index in [2.05, 4.69) is 16.0 Å². The van der Waals surface area contributed by atoms with E-state index < -0.39 is 17.6 Å². The van der Waals surface area contributed by atoms with Gasteiger partial charge in [-0.15, -0.1) is 12.4 Å². The molecule has 1 aliphatic rings. The van der Waals surface area contributed by atoms with Crippen LogP contribution in [-0.4, -0.2) is 31.4 Å². The van der Waals surface area contributed by atoms with Crippen LogP contribution in [0, 0.1) is 5.92 Å². The monoisotopic (exact) mass is 351 g/mol. The minimum atomic E-state index is -4.47. The summed E-state index contributed by atoms with van der Waals surface area (Å²) in [4.78, 5) is 23.4. The number of carbonyl (C=O) groups excluding carboxylic acids is 2. The third-order valence-corrected chi connectivity index (χ3v) is 3.33. The summed E-state index contributed by atoms with van der Waals surface area (Å²) in [6, 6.07) is 4.34. The fourth-order valence-electron chi connectivity index (χ4n) is 2.17. The van der Waals surface area contributed by atoms with Gasteiger partial charge in [0.1, 0.15) is 0 Å². The molecule has 0 aromatic heterocycles. The predicted octanol–water partition coefficient (Wildman–Crippen LogP) is 1.79. The number of benzene rings is 1. The van der Waals surface area contributed by atoms with Crippen LogP contribution in [0.4, 0.5) is 18.9 Å². The molecule has 9 heteroatoms. The zero-order valence-corrected chi connectivity index (χ0v) is 12.9. The zero-order chi connectivity index (χ0) is 16.2. The van der Waals surface area contributed by atoms with Crippen LogP contribution in [0.1, 0.15) is 12.0 Å². The summed E-state index contributed by atoms with van der Waals surface area (Å²) in [7, 11) is 0. The maximum absolute atomic E-state index is 12.6. The summed E-state index contributed by atoms with van der Waals surface area (Å²) in [5, 5.41) is 7.84. The van der Waals surface area contributed by atoms with Crippen molar-refractivity contribution in [1.29, 1.82) is 0 Å². The van der Waals surface area contributed by atoms with E-state index >= 15 is 0 Å². The molecule has 0 unspecified atom stereocenters. The Labute approximate surface area is 137 Å². The molecule has 0 bridgehead atoms. The molecule has 0 saturated carbocycles. The molecule has 0 aliphatic carbocycles. The van der Waals surface area contributed by atoms with E-state index in [-0.39, 0.29) is 36.5 Å². The van der Waals surface area contributed by atoms with Crippen LogP contribution in [0.2, 0.25) is 0 Å². The topological polar surface area (TPSA) is 70.2 Å². The van der Waals surface area contributed by atoms with Gasteiger partial charge < -0.3 is 16.0 Å². The highest BCUT2D eigenvalue weighted by Gasteiger charge is 2.30. The van der Waals surface area contributed by atoms with Crippen LogP contribution < -0.4 is 16.0 Å². The number of anilines is 1. The first-order chi connectivity index (χ1) is 10.4. The lowest BCUT2D eigenvalue weighted by Gasteiger charge is -2.11. The van der Waals surface area contributed by atoms with Gasteiger partial charge in [-0.2, -0.15) is 13.2 Å². The molecule has 1 saturated heterocycles. The van der Waals surface area contributed by atoms with Crippen molar-refractivity contribution in [2.75, 3.05) is 25.0 Å². The highest BCUT2D eigenvalue weighted by molar-refractivity contribution is 5.94. The van der Waals surface area contributed by atoms with Crippen LogP contribution in [0.15, 0.2) is 24.3 Å². The molecule has 5 nitrogen and oxygen atoms in total. The van der Waals surface area contributed by atoms with Crippen molar-refractivity contribution in [3.05, 3.63) is 29.8 Å². The summed E-state index contributed by atoms with van der Waals surface area (Å²) in [6.07, 6.45) is -3.76.